The van der Waals surface area contributed by atoms with Crippen molar-refractivity contribution in [2.45, 2.75) is 27.4 Å². The Morgan fingerprint density at radius 1 is 1.28 bits per heavy atom. The molecule has 0 aliphatic heterocycles. The third kappa shape index (κ3) is 3.79. The van der Waals surface area contributed by atoms with E-state index in [0.29, 0.717) is 0 Å². The normalized spacial score (nSPS) is 20.8. The van der Waals surface area contributed by atoms with E-state index >= 15 is 0 Å². The molecular weight excluding hydrogens is 375 g/mol. The molecule has 0 N–H and O–H groups in total. The third-order valence-corrected chi connectivity index (χ3v) is 6.23. The van der Waals surface area contributed by atoms with Crippen LogP contribution in [0.5, 0.6) is 0 Å². The summed E-state index contributed by atoms with van der Waals surface area (Å²) in [4.78, 5) is 13.7. The molecule has 1 saturated carbocycles. The lowest BCUT2D eigenvalue weighted by atomic mass is 10.0. The van der Waals surface area contributed by atoms with Gasteiger partial charge < -0.3 is 4.74 Å². The molecule has 1 aromatic heterocycles. The van der Waals surface area contributed by atoms with Gasteiger partial charge in [-0.15, -0.1) is 11.3 Å². The molecule has 25 heavy (non-hydrogen) atoms. The SMILES string of the molecule is Cc1c(COC(=O)C2C(C=C(Cl)Cl)C2(C)C)cccc1-c1cccs1. The quantitative estimate of drug-likeness (QED) is 0.551. The maximum absolute atomic E-state index is 12.5. The van der Waals surface area contributed by atoms with E-state index in [9.17, 15) is 4.79 Å². The van der Waals surface area contributed by atoms with Crippen LogP contribution in [-0.2, 0) is 16.1 Å². The molecule has 2 unspecified atom stereocenters. The molecule has 1 heterocycles. The third-order valence-electron chi connectivity index (χ3n) is 5.07. The van der Waals surface area contributed by atoms with Crippen LogP contribution < -0.4 is 0 Å². The molecule has 0 spiro atoms. The summed E-state index contributed by atoms with van der Waals surface area (Å²) in [7, 11) is 0. The molecule has 0 bridgehead atoms. The van der Waals surface area contributed by atoms with Gasteiger partial charge in [0.15, 0.2) is 0 Å². The zero-order valence-corrected chi connectivity index (χ0v) is 16.7. The Hall–Kier alpha value is -1.29. The van der Waals surface area contributed by atoms with Crippen molar-refractivity contribution >= 4 is 40.5 Å². The first-order valence-electron chi connectivity index (χ1n) is 8.14. The van der Waals surface area contributed by atoms with E-state index in [-0.39, 0.29) is 34.3 Å². The fourth-order valence-electron chi connectivity index (χ4n) is 3.35. The molecule has 1 fully saturated rings. The van der Waals surface area contributed by atoms with Crippen molar-refractivity contribution in [3.63, 3.8) is 0 Å². The summed E-state index contributed by atoms with van der Waals surface area (Å²) in [6.45, 7) is 6.40. The topological polar surface area (TPSA) is 26.3 Å². The first-order valence-corrected chi connectivity index (χ1v) is 9.77. The van der Waals surface area contributed by atoms with Gasteiger partial charge in [-0.25, -0.2) is 0 Å². The van der Waals surface area contributed by atoms with E-state index in [1.165, 1.54) is 10.4 Å². The molecule has 2 aromatic rings. The number of hydrogen-bond acceptors (Lipinski definition) is 3. The van der Waals surface area contributed by atoms with Crippen molar-refractivity contribution in [3.8, 4) is 10.4 Å². The number of allylic oxidation sites excluding steroid dienone is 1. The van der Waals surface area contributed by atoms with E-state index in [1.54, 1.807) is 17.4 Å². The summed E-state index contributed by atoms with van der Waals surface area (Å²) in [6, 6.07) is 10.2. The molecule has 5 heteroatoms. The largest absolute Gasteiger partial charge is 0.461 e. The lowest BCUT2D eigenvalue weighted by Gasteiger charge is -2.11. The highest BCUT2D eigenvalue weighted by Crippen LogP contribution is 2.60. The second-order valence-corrected chi connectivity index (χ2v) is 8.91. The predicted molar refractivity (Wildman–Crippen MR) is 105 cm³/mol. The standard InChI is InChI=1S/C20H20Cl2O2S/c1-12-13(6-4-7-14(12)16-8-5-9-25-16)11-24-19(23)18-15(10-17(21)22)20(18,2)3/h4-10,15,18H,11H2,1-3H3. The maximum atomic E-state index is 12.5. The minimum Gasteiger partial charge on any atom is -0.461 e. The molecule has 2 nitrogen and oxygen atoms in total. The van der Waals surface area contributed by atoms with E-state index in [0.717, 1.165) is 11.1 Å². The number of halogens is 2. The number of carbonyl (C=O) groups is 1. The summed E-state index contributed by atoms with van der Waals surface area (Å²) in [5.74, 6) is -0.355. The average Bonchev–Trinajstić information content (AvgIpc) is 2.93. The van der Waals surface area contributed by atoms with Gasteiger partial charge in [0.25, 0.3) is 0 Å². The Bertz CT molecular complexity index is 805. The number of carbonyl (C=O) groups excluding carboxylic acids is 1. The number of ether oxygens (including phenoxy) is 1. The van der Waals surface area contributed by atoms with Crippen molar-refractivity contribution in [1.29, 1.82) is 0 Å². The Kier molecular flexibility index (Phi) is 5.29. The van der Waals surface area contributed by atoms with Crippen LogP contribution in [-0.4, -0.2) is 5.97 Å². The first-order chi connectivity index (χ1) is 11.8. The van der Waals surface area contributed by atoms with Gasteiger partial charge in [-0.1, -0.05) is 61.3 Å². The van der Waals surface area contributed by atoms with Crippen molar-refractivity contribution in [2.75, 3.05) is 0 Å². The molecule has 0 saturated heterocycles. The first kappa shape index (κ1) is 18.5. The van der Waals surface area contributed by atoms with Crippen LogP contribution in [0, 0.1) is 24.2 Å². The zero-order chi connectivity index (χ0) is 18.2. The molecule has 1 aliphatic rings. The molecule has 2 atom stereocenters. The van der Waals surface area contributed by atoms with Gasteiger partial charge in [0.05, 0.1) is 5.92 Å². The van der Waals surface area contributed by atoms with Crippen LogP contribution in [0.3, 0.4) is 0 Å². The molecule has 132 valence electrons. The zero-order valence-electron chi connectivity index (χ0n) is 14.4. The van der Waals surface area contributed by atoms with E-state index in [1.807, 2.05) is 32.0 Å². The molecule has 0 amide bonds. The van der Waals surface area contributed by atoms with Crippen molar-refractivity contribution in [3.05, 3.63) is 57.4 Å². The van der Waals surface area contributed by atoms with Crippen LogP contribution >= 0.6 is 34.5 Å². The van der Waals surface area contributed by atoms with Gasteiger partial charge in [0, 0.05) is 4.88 Å². The Labute approximate surface area is 162 Å². The fourth-order valence-corrected chi connectivity index (χ4v) is 4.43. The van der Waals surface area contributed by atoms with Gasteiger partial charge in [0.1, 0.15) is 11.1 Å². The van der Waals surface area contributed by atoms with Gasteiger partial charge >= 0.3 is 5.97 Å². The van der Waals surface area contributed by atoms with Crippen molar-refractivity contribution in [1.82, 2.24) is 0 Å². The minimum atomic E-state index is -0.194. The molecule has 3 rings (SSSR count). The Balaban J connectivity index is 1.70. The maximum Gasteiger partial charge on any atom is 0.310 e. The van der Waals surface area contributed by atoms with Crippen LogP contribution in [0.2, 0.25) is 0 Å². The summed E-state index contributed by atoms with van der Waals surface area (Å²) in [5.41, 5.74) is 3.19. The highest BCUT2D eigenvalue weighted by Gasteiger charge is 2.61. The lowest BCUT2D eigenvalue weighted by molar-refractivity contribution is -0.147. The summed E-state index contributed by atoms with van der Waals surface area (Å²) >= 11 is 13.2. The fraction of sp³-hybridized carbons (Fsp3) is 0.350. The summed E-state index contributed by atoms with van der Waals surface area (Å²) < 4.78 is 5.80. The van der Waals surface area contributed by atoms with E-state index in [4.69, 9.17) is 27.9 Å². The van der Waals surface area contributed by atoms with Crippen LogP contribution in [0.4, 0.5) is 0 Å². The summed E-state index contributed by atoms with van der Waals surface area (Å²) in [6.07, 6.45) is 1.73. The molecular formula is C20H20Cl2O2S. The Morgan fingerprint density at radius 3 is 2.68 bits per heavy atom. The number of esters is 1. The van der Waals surface area contributed by atoms with Crippen molar-refractivity contribution in [2.24, 2.45) is 17.3 Å². The van der Waals surface area contributed by atoms with Crippen LogP contribution in [0.1, 0.15) is 25.0 Å². The number of rotatable bonds is 5. The number of hydrogen-bond donors (Lipinski definition) is 0. The second-order valence-electron chi connectivity index (χ2n) is 6.96. The second kappa shape index (κ2) is 7.14. The van der Waals surface area contributed by atoms with E-state index < -0.39 is 0 Å². The van der Waals surface area contributed by atoms with Crippen LogP contribution in [0.15, 0.2) is 46.3 Å². The van der Waals surface area contributed by atoms with Crippen LogP contribution in [0.25, 0.3) is 10.4 Å². The van der Waals surface area contributed by atoms with Crippen molar-refractivity contribution < 1.29 is 9.53 Å². The van der Waals surface area contributed by atoms with Gasteiger partial charge in [-0.2, -0.15) is 0 Å². The molecule has 1 aliphatic carbocycles. The monoisotopic (exact) mass is 394 g/mol. The van der Waals surface area contributed by atoms with Gasteiger partial charge in [-0.3, -0.25) is 4.79 Å². The number of thiophene rings is 1. The van der Waals surface area contributed by atoms with E-state index in [2.05, 4.69) is 24.4 Å². The highest BCUT2D eigenvalue weighted by atomic mass is 35.5. The molecule has 0 radical (unpaired) electrons. The minimum absolute atomic E-state index is 0.0311. The smallest absolute Gasteiger partial charge is 0.310 e. The lowest BCUT2D eigenvalue weighted by Crippen LogP contribution is -2.11. The molecule has 1 aromatic carbocycles. The Morgan fingerprint density at radius 2 is 2.04 bits per heavy atom. The highest BCUT2D eigenvalue weighted by molar-refractivity contribution is 7.13. The van der Waals surface area contributed by atoms with Gasteiger partial charge in [-0.05, 0) is 52.5 Å². The number of benzene rings is 1. The summed E-state index contributed by atoms with van der Waals surface area (Å²) in [5, 5.41) is 2.06. The predicted octanol–water partition coefficient (Wildman–Crippen LogP) is 6.36. The average molecular weight is 395 g/mol. The van der Waals surface area contributed by atoms with Gasteiger partial charge in [0.2, 0.25) is 0 Å².